The fourth-order valence-electron chi connectivity index (χ4n) is 2.71. The fraction of sp³-hybridized carbons (Fsp3) is 0.250. The number of carbonyl (C=O) groups excluding carboxylic acids is 3. The highest BCUT2D eigenvalue weighted by molar-refractivity contribution is 6.00. The van der Waals surface area contributed by atoms with E-state index in [2.05, 4.69) is 5.32 Å². The smallest absolute Gasteiger partial charge is 0.414 e. The van der Waals surface area contributed by atoms with Crippen molar-refractivity contribution in [2.24, 2.45) is 0 Å². The summed E-state index contributed by atoms with van der Waals surface area (Å²) in [4.78, 5) is 37.4. The lowest BCUT2D eigenvalue weighted by atomic mass is 10.0. The predicted octanol–water partition coefficient (Wildman–Crippen LogP) is 3.55. The highest BCUT2D eigenvalue weighted by Crippen LogP contribution is 2.22. The molecule has 26 heavy (non-hydrogen) atoms. The molecule has 0 aromatic heterocycles. The van der Waals surface area contributed by atoms with Crippen LogP contribution >= 0.6 is 0 Å². The van der Waals surface area contributed by atoms with E-state index in [0.29, 0.717) is 30.1 Å². The summed E-state index contributed by atoms with van der Waals surface area (Å²) in [5.41, 5.74) is 2.94. The van der Waals surface area contributed by atoms with Crippen molar-refractivity contribution >= 4 is 29.2 Å². The Labute approximate surface area is 151 Å². The number of nitrogens with one attached hydrogen (secondary N) is 1. The topological polar surface area (TPSA) is 75.7 Å². The molecule has 3 rings (SSSR count). The van der Waals surface area contributed by atoms with E-state index in [1.165, 1.54) is 4.90 Å². The average molecular weight is 352 g/mol. The summed E-state index contributed by atoms with van der Waals surface area (Å²) in [5, 5.41) is 2.77. The van der Waals surface area contributed by atoms with E-state index in [1.54, 1.807) is 36.4 Å². The van der Waals surface area contributed by atoms with Crippen LogP contribution in [0.1, 0.15) is 28.8 Å². The van der Waals surface area contributed by atoms with E-state index in [1.807, 2.05) is 19.1 Å². The number of amides is 2. The maximum absolute atomic E-state index is 12.1. The molecule has 0 bridgehead atoms. The molecule has 1 saturated heterocycles. The number of aryl methyl sites for hydroxylation is 1. The number of Topliss-reactive ketones (excluding diaryl/α,β-unsaturated/α-hetero) is 1. The second-order valence-corrected chi connectivity index (χ2v) is 6.15. The van der Waals surface area contributed by atoms with Crippen molar-refractivity contribution in [3.63, 3.8) is 0 Å². The Bertz CT molecular complexity index is 830. The van der Waals surface area contributed by atoms with Gasteiger partial charge in [-0.3, -0.25) is 14.5 Å². The van der Waals surface area contributed by atoms with Crippen LogP contribution in [0.5, 0.6) is 0 Å². The van der Waals surface area contributed by atoms with Crippen LogP contribution in [0.2, 0.25) is 0 Å². The highest BCUT2D eigenvalue weighted by atomic mass is 16.6. The van der Waals surface area contributed by atoms with Gasteiger partial charge < -0.3 is 10.1 Å². The largest absolute Gasteiger partial charge is 0.447 e. The second-order valence-electron chi connectivity index (χ2n) is 6.15. The minimum Gasteiger partial charge on any atom is -0.447 e. The molecule has 6 heteroatoms. The molecule has 6 nitrogen and oxygen atoms in total. The molecule has 1 aliphatic heterocycles. The van der Waals surface area contributed by atoms with Gasteiger partial charge in [-0.15, -0.1) is 0 Å². The molecular formula is C20H20N2O4. The van der Waals surface area contributed by atoms with Gasteiger partial charge in [0.1, 0.15) is 6.61 Å². The van der Waals surface area contributed by atoms with Crippen molar-refractivity contribution in [1.29, 1.82) is 0 Å². The molecule has 0 atom stereocenters. The molecule has 0 aliphatic carbocycles. The zero-order valence-corrected chi connectivity index (χ0v) is 14.5. The van der Waals surface area contributed by atoms with Gasteiger partial charge in [-0.05, 0) is 25.1 Å². The Kier molecular flexibility index (Phi) is 5.31. The number of rotatable bonds is 6. The summed E-state index contributed by atoms with van der Waals surface area (Å²) < 4.78 is 4.92. The van der Waals surface area contributed by atoms with Crippen LogP contribution in [-0.2, 0) is 9.53 Å². The van der Waals surface area contributed by atoms with Gasteiger partial charge in [-0.1, -0.05) is 35.9 Å². The zero-order valence-electron chi connectivity index (χ0n) is 14.5. The summed E-state index contributed by atoms with van der Waals surface area (Å²) >= 11 is 0. The number of benzene rings is 2. The number of ether oxygens (including phenoxy) is 1. The van der Waals surface area contributed by atoms with Gasteiger partial charge in [0.2, 0.25) is 5.91 Å². The van der Waals surface area contributed by atoms with E-state index in [0.717, 1.165) is 5.56 Å². The van der Waals surface area contributed by atoms with Crippen LogP contribution in [0.15, 0.2) is 48.5 Å². The lowest BCUT2D eigenvalue weighted by Crippen LogP contribution is -2.23. The third-order valence-electron chi connectivity index (χ3n) is 4.16. The molecule has 2 aromatic rings. The molecule has 2 amide bonds. The van der Waals surface area contributed by atoms with Gasteiger partial charge in [0.05, 0.1) is 6.54 Å². The van der Waals surface area contributed by atoms with Gasteiger partial charge in [-0.2, -0.15) is 0 Å². The van der Waals surface area contributed by atoms with Crippen LogP contribution in [0.3, 0.4) is 0 Å². The number of hydrogen-bond acceptors (Lipinski definition) is 4. The number of nitrogens with zero attached hydrogens (tertiary/aromatic N) is 1. The summed E-state index contributed by atoms with van der Waals surface area (Å²) in [6, 6.07) is 14.3. The van der Waals surface area contributed by atoms with Crippen molar-refractivity contribution in [2.75, 3.05) is 23.4 Å². The third kappa shape index (κ3) is 4.27. The first-order valence-electron chi connectivity index (χ1n) is 8.47. The van der Waals surface area contributed by atoms with E-state index < -0.39 is 6.09 Å². The summed E-state index contributed by atoms with van der Waals surface area (Å²) in [6.07, 6.45) is -0.146. The minimum atomic E-state index is -0.392. The Balaban J connectivity index is 1.55. The van der Waals surface area contributed by atoms with E-state index >= 15 is 0 Å². The Hall–Kier alpha value is -3.15. The van der Waals surface area contributed by atoms with Gasteiger partial charge >= 0.3 is 6.09 Å². The van der Waals surface area contributed by atoms with Crippen molar-refractivity contribution in [2.45, 2.75) is 19.8 Å². The van der Waals surface area contributed by atoms with E-state index in [9.17, 15) is 14.4 Å². The Morgan fingerprint density at radius 3 is 2.58 bits per heavy atom. The maximum atomic E-state index is 12.1. The fourth-order valence-corrected chi connectivity index (χ4v) is 2.71. The highest BCUT2D eigenvalue weighted by Gasteiger charge is 2.23. The standard InChI is InChI=1S/C20H20N2O4/c1-14-5-7-15(8-6-14)18(23)9-10-19(24)21-16-3-2-4-17(13-16)22-11-12-26-20(22)25/h2-8,13H,9-12H2,1H3,(H,21,24). The van der Waals surface area contributed by atoms with E-state index in [4.69, 9.17) is 4.74 Å². The molecule has 1 N–H and O–H groups in total. The van der Waals surface area contributed by atoms with Crippen LogP contribution in [0.4, 0.5) is 16.2 Å². The molecule has 0 saturated carbocycles. The lowest BCUT2D eigenvalue weighted by molar-refractivity contribution is -0.116. The first-order chi connectivity index (χ1) is 12.5. The van der Waals surface area contributed by atoms with E-state index in [-0.39, 0.29) is 24.5 Å². The van der Waals surface area contributed by atoms with Crippen LogP contribution in [0.25, 0.3) is 0 Å². The molecular weight excluding hydrogens is 332 g/mol. The predicted molar refractivity (Wildman–Crippen MR) is 98.5 cm³/mol. The van der Waals surface area contributed by atoms with Crippen molar-refractivity contribution in [3.8, 4) is 0 Å². The summed E-state index contributed by atoms with van der Waals surface area (Å²) in [6.45, 7) is 2.80. The van der Waals surface area contributed by atoms with Gasteiger partial charge in [0.25, 0.3) is 0 Å². The SMILES string of the molecule is Cc1ccc(C(=O)CCC(=O)Nc2cccc(N3CCOC3=O)c2)cc1. The number of ketones is 1. The first kappa shape index (κ1) is 17.7. The number of cyclic esters (lactones) is 1. The molecule has 1 aliphatic rings. The monoisotopic (exact) mass is 352 g/mol. The van der Waals surface area contributed by atoms with Crippen LogP contribution < -0.4 is 10.2 Å². The van der Waals surface area contributed by atoms with Crippen LogP contribution in [-0.4, -0.2) is 30.9 Å². The Morgan fingerprint density at radius 2 is 1.88 bits per heavy atom. The molecule has 0 unspecified atom stereocenters. The van der Waals surface area contributed by atoms with Gasteiger partial charge in [-0.25, -0.2) is 4.79 Å². The number of hydrogen-bond donors (Lipinski definition) is 1. The molecule has 1 heterocycles. The Morgan fingerprint density at radius 1 is 1.12 bits per heavy atom. The molecule has 1 fully saturated rings. The number of anilines is 2. The second kappa shape index (κ2) is 7.82. The molecule has 0 spiro atoms. The lowest BCUT2D eigenvalue weighted by Gasteiger charge is -2.14. The van der Waals surface area contributed by atoms with Crippen LogP contribution in [0, 0.1) is 6.92 Å². The first-order valence-corrected chi connectivity index (χ1v) is 8.47. The normalized spacial score (nSPS) is 13.4. The zero-order chi connectivity index (χ0) is 18.5. The van der Waals surface area contributed by atoms with Crippen molar-refractivity contribution in [1.82, 2.24) is 0 Å². The summed E-state index contributed by atoms with van der Waals surface area (Å²) in [5.74, 6) is -0.305. The van der Waals surface area contributed by atoms with Crippen molar-refractivity contribution in [3.05, 3.63) is 59.7 Å². The minimum absolute atomic E-state index is 0.0614. The molecule has 2 aromatic carbocycles. The summed E-state index contributed by atoms with van der Waals surface area (Å²) in [7, 11) is 0. The quantitative estimate of drug-likeness (QED) is 0.807. The number of carbonyl (C=O) groups is 3. The molecule has 134 valence electrons. The van der Waals surface area contributed by atoms with Gasteiger partial charge in [0.15, 0.2) is 5.78 Å². The van der Waals surface area contributed by atoms with Gasteiger partial charge in [0, 0.05) is 29.8 Å². The molecule has 0 radical (unpaired) electrons. The third-order valence-corrected chi connectivity index (χ3v) is 4.16. The average Bonchev–Trinajstić information content (AvgIpc) is 3.06. The van der Waals surface area contributed by atoms with Crippen molar-refractivity contribution < 1.29 is 19.1 Å². The maximum Gasteiger partial charge on any atom is 0.414 e.